The summed E-state index contributed by atoms with van der Waals surface area (Å²) >= 11 is 1.30. The van der Waals surface area contributed by atoms with Gasteiger partial charge in [0.05, 0.1) is 10.9 Å². The van der Waals surface area contributed by atoms with Gasteiger partial charge in [-0.1, -0.05) is 11.8 Å². The average molecular weight is 318 g/mol. The van der Waals surface area contributed by atoms with Crippen LogP contribution in [0, 0.1) is 13.8 Å². The van der Waals surface area contributed by atoms with E-state index in [0.29, 0.717) is 16.5 Å². The Labute approximate surface area is 133 Å². The van der Waals surface area contributed by atoms with Crippen molar-refractivity contribution in [2.75, 3.05) is 5.32 Å². The Morgan fingerprint density at radius 3 is 2.36 bits per heavy atom. The third kappa shape index (κ3) is 3.98. The molecule has 1 heterocycles. The minimum absolute atomic E-state index is 0.00659. The largest absolute Gasteiger partial charge is 0.437 e. The Kier molecular flexibility index (Phi) is 5.03. The van der Waals surface area contributed by atoms with E-state index in [0.717, 1.165) is 11.5 Å². The Balaban J connectivity index is 2.05. The van der Waals surface area contributed by atoms with Crippen LogP contribution < -0.4 is 5.32 Å². The highest BCUT2D eigenvalue weighted by atomic mass is 32.2. The van der Waals surface area contributed by atoms with Crippen molar-refractivity contribution in [2.24, 2.45) is 0 Å². The van der Waals surface area contributed by atoms with E-state index in [4.69, 9.17) is 4.42 Å². The van der Waals surface area contributed by atoms with E-state index in [1.165, 1.54) is 18.7 Å². The molecule has 0 saturated carbocycles. The van der Waals surface area contributed by atoms with Crippen molar-refractivity contribution in [1.29, 1.82) is 0 Å². The van der Waals surface area contributed by atoms with Gasteiger partial charge in [0, 0.05) is 18.2 Å². The van der Waals surface area contributed by atoms with Gasteiger partial charge >= 0.3 is 0 Å². The molecule has 0 bridgehead atoms. The van der Waals surface area contributed by atoms with Gasteiger partial charge < -0.3 is 9.73 Å². The maximum Gasteiger partial charge on any atom is 0.256 e. The second-order valence-electron chi connectivity index (χ2n) is 5.00. The van der Waals surface area contributed by atoms with Gasteiger partial charge in [-0.25, -0.2) is 4.98 Å². The summed E-state index contributed by atoms with van der Waals surface area (Å²) in [5.41, 5.74) is 2.10. The lowest BCUT2D eigenvalue weighted by Gasteiger charge is -2.08. The number of rotatable bonds is 5. The van der Waals surface area contributed by atoms with Crippen LogP contribution in [-0.4, -0.2) is 21.9 Å². The molecule has 2 rings (SSSR count). The first kappa shape index (κ1) is 16.3. The molecule has 1 atom stereocenters. The smallest absolute Gasteiger partial charge is 0.256 e. The number of carbonyl (C=O) groups excluding carboxylic acids is 2. The molecule has 1 unspecified atom stereocenters. The molecule has 5 nitrogen and oxygen atoms in total. The lowest BCUT2D eigenvalue weighted by atomic mass is 10.1. The highest BCUT2D eigenvalue weighted by Gasteiger charge is 2.19. The zero-order chi connectivity index (χ0) is 16.3. The Hall–Kier alpha value is -2.08. The maximum absolute atomic E-state index is 12.4. The van der Waals surface area contributed by atoms with E-state index in [1.807, 2.05) is 20.8 Å². The Bertz CT molecular complexity index is 672. The van der Waals surface area contributed by atoms with Crippen LogP contribution in [0.2, 0.25) is 0 Å². The molecule has 2 aromatic rings. The molecule has 6 heteroatoms. The lowest BCUT2D eigenvalue weighted by Crippen LogP contribution is -2.13. The summed E-state index contributed by atoms with van der Waals surface area (Å²) in [4.78, 5) is 27.6. The van der Waals surface area contributed by atoms with Gasteiger partial charge in [-0.05, 0) is 45.0 Å². The molecule has 0 aliphatic heterocycles. The number of nitrogens with zero attached hydrogens (tertiary/aromatic N) is 1. The molecule has 116 valence electrons. The quantitative estimate of drug-likeness (QED) is 0.673. The number of aryl methyl sites for hydroxylation is 2. The fourth-order valence-corrected chi connectivity index (χ4v) is 2.76. The number of ketones is 1. The van der Waals surface area contributed by atoms with Gasteiger partial charge in [-0.15, -0.1) is 0 Å². The van der Waals surface area contributed by atoms with Crippen molar-refractivity contribution < 1.29 is 14.0 Å². The molecule has 1 amide bonds. The first-order valence-corrected chi connectivity index (χ1v) is 7.77. The van der Waals surface area contributed by atoms with Crippen LogP contribution in [0.3, 0.4) is 0 Å². The Morgan fingerprint density at radius 1 is 1.23 bits per heavy atom. The minimum atomic E-state index is -0.302. The van der Waals surface area contributed by atoms with Crippen LogP contribution in [0.4, 0.5) is 5.69 Å². The predicted molar refractivity (Wildman–Crippen MR) is 86.4 cm³/mol. The second kappa shape index (κ2) is 6.79. The molecule has 0 saturated heterocycles. The number of benzene rings is 1. The number of nitrogens with one attached hydrogen (secondary N) is 1. The van der Waals surface area contributed by atoms with Crippen LogP contribution in [0.1, 0.15) is 35.7 Å². The summed E-state index contributed by atoms with van der Waals surface area (Å²) in [5.74, 6) is 0.618. The van der Waals surface area contributed by atoms with Gasteiger partial charge in [0.25, 0.3) is 5.22 Å². The number of amides is 1. The monoisotopic (exact) mass is 318 g/mol. The molecule has 1 aromatic heterocycles. The zero-order valence-electron chi connectivity index (χ0n) is 13.0. The minimum Gasteiger partial charge on any atom is -0.437 e. The molecule has 22 heavy (non-hydrogen) atoms. The van der Waals surface area contributed by atoms with E-state index >= 15 is 0 Å². The molecule has 0 radical (unpaired) electrons. The lowest BCUT2D eigenvalue weighted by molar-refractivity contribution is -0.114. The summed E-state index contributed by atoms with van der Waals surface area (Å²) < 4.78 is 5.49. The molecule has 1 N–H and O–H groups in total. The number of carbonyl (C=O) groups is 2. The van der Waals surface area contributed by atoms with Crippen LogP contribution in [0.25, 0.3) is 0 Å². The maximum atomic E-state index is 12.4. The highest BCUT2D eigenvalue weighted by molar-refractivity contribution is 8.00. The summed E-state index contributed by atoms with van der Waals surface area (Å²) in [6.07, 6.45) is 0. The van der Waals surface area contributed by atoms with Crippen LogP contribution >= 0.6 is 11.8 Å². The van der Waals surface area contributed by atoms with Crippen molar-refractivity contribution in [2.45, 2.75) is 38.2 Å². The van der Waals surface area contributed by atoms with Crippen LogP contribution in [-0.2, 0) is 4.79 Å². The number of hydrogen-bond acceptors (Lipinski definition) is 5. The van der Waals surface area contributed by atoms with Crippen molar-refractivity contribution >= 4 is 29.1 Å². The number of anilines is 1. The number of oxazole rings is 1. The number of thioether (sulfide) groups is 1. The third-order valence-corrected chi connectivity index (χ3v) is 4.09. The van der Waals surface area contributed by atoms with E-state index in [9.17, 15) is 9.59 Å². The molecule has 0 spiro atoms. The first-order valence-electron chi connectivity index (χ1n) is 6.89. The van der Waals surface area contributed by atoms with E-state index in [1.54, 1.807) is 24.3 Å². The second-order valence-corrected chi connectivity index (χ2v) is 6.30. The fraction of sp³-hybridized carbons (Fsp3) is 0.312. The van der Waals surface area contributed by atoms with Gasteiger partial charge in [-0.3, -0.25) is 9.59 Å². The zero-order valence-corrected chi connectivity index (χ0v) is 13.8. The normalized spacial score (nSPS) is 12.0. The average Bonchev–Trinajstić information content (AvgIpc) is 2.76. The van der Waals surface area contributed by atoms with Crippen LogP contribution in [0.15, 0.2) is 33.9 Å². The van der Waals surface area contributed by atoms with Crippen molar-refractivity contribution in [3.05, 3.63) is 41.3 Å². The van der Waals surface area contributed by atoms with E-state index < -0.39 is 0 Å². The topological polar surface area (TPSA) is 72.2 Å². The van der Waals surface area contributed by atoms with Gasteiger partial charge in [0.15, 0.2) is 5.78 Å². The van der Waals surface area contributed by atoms with Gasteiger partial charge in [0.1, 0.15) is 5.76 Å². The number of Topliss-reactive ketones (excluding diaryl/α,β-unsaturated/α-hetero) is 1. The Morgan fingerprint density at radius 2 is 1.86 bits per heavy atom. The van der Waals surface area contributed by atoms with Gasteiger partial charge in [0.2, 0.25) is 5.91 Å². The predicted octanol–water partition coefficient (Wildman–Crippen LogP) is 3.61. The molecular formula is C16H18N2O3S. The molecule has 0 fully saturated rings. The molecular weight excluding hydrogens is 300 g/mol. The first-order chi connectivity index (χ1) is 10.4. The fourth-order valence-electron chi connectivity index (χ4n) is 1.85. The van der Waals surface area contributed by atoms with Crippen molar-refractivity contribution in [3.8, 4) is 0 Å². The number of aromatic nitrogens is 1. The van der Waals surface area contributed by atoms with Crippen molar-refractivity contribution in [1.82, 2.24) is 4.98 Å². The highest BCUT2D eigenvalue weighted by Crippen LogP contribution is 2.27. The summed E-state index contributed by atoms with van der Waals surface area (Å²) in [6, 6.07) is 6.84. The summed E-state index contributed by atoms with van der Waals surface area (Å²) in [7, 11) is 0. The van der Waals surface area contributed by atoms with Crippen molar-refractivity contribution in [3.63, 3.8) is 0 Å². The SMILES string of the molecule is CC(=O)Nc1ccc(C(=O)C(C)Sc2nc(C)c(C)o2)cc1. The summed E-state index contributed by atoms with van der Waals surface area (Å²) in [6.45, 7) is 6.98. The third-order valence-electron chi connectivity index (χ3n) is 3.15. The molecule has 0 aliphatic carbocycles. The molecule has 1 aromatic carbocycles. The molecule has 0 aliphatic rings. The van der Waals surface area contributed by atoms with E-state index in [2.05, 4.69) is 10.3 Å². The van der Waals surface area contributed by atoms with Crippen LogP contribution in [0.5, 0.6) is 0 Å². The number of hydrogen-bond donors (Lipinski definition) is 1. The van der Waals surface area contributed by atoms with Gasteiger partial charge in [-0.2, -0.15) is 0 Å². The standard InChI is InChI=1S/C16H18N2O3S/c1-9-10(2)21-16(17-9)22-11(3)15(20)13-5-7-14(8-6-13)18-12(4)19/h5-8,11H,1-4H3,(H,18,19). The van der Waals surface area contributed by atoms with E-state index in [-0.39, 0.29) is 16.9 Å². The summed E-state index contributed by atoms with van der Waals surface area (Å²) in [5, 5.41) is 2.87.